The van der Waals surface area contributed by atoms with Crippen LogP contribution >= 0.6 is 0 Å². The fraction of sp³-hybridized carbons (Fsp3) is 0.174. The number of rotatable bonds is 3. The lowest BCUT2D eigenvalue weighted by molar-refractivity contribution is 0.669. The first-order valence-corrected chi connectivity index (χ1v) is 8.45. The Bertz CT molecular complexity index is 899. The molecule has 0 fully saturated rings. The van der Waals surface area contributed by atoms with E-state index < -0.39 is 0 Å². The first kappa shape index (κ1) is 14.3. The molecule has 1 radical (unpaired) electrons. The van der Waals surface area contributed by atoms with Gasteiger partial charge in [0, 0.05) is 6.42 Å². The van der Waals surface area contributed by atoms with Crippen LogP contribution in [0.3, 0.4) is 0 Å². The molecular weight excluding hydrogens is 276 g/mol. The number of hydrogen-bond acceptors (Lipinski definition) is 0. The summed E-state index contributed by atoms with van der Waals surface area (Å²) < 4.78 is 0. The largest absolute Gasteiger partial charge is 0.0648 e. The van der Waals surface area contributed by atoms with Crippen LogP contribution in [-0.2, 0) is 0 Å². The lowest BCUT2D eigenvalue weighted by Gasteiger charge is -2.09. The van der Waals surface area contributed by atoms with Gasteiger partial charge < -0.3 is 0 Å². The molecule has 0 spiro atoms. The zero-order valence-electron chi connectivity index (χ0n) is 13.7. The monoisotopic (exact) mass is 297 g/mol. The summed E-state index contributed by atoms with van der Waals surface area (Å²) in [5.41, 5.74) is 6.82. The molecule has 0 aliphatic heterocycles. The molecule has 1 unspecified atom stereocenters. The number of allylic oxidation sites excluding steroid dienone is 1. The average molecular weight is 297 g/mol. The maximum atomic E-state index is 2.38. The second-order valence-electron chi connectivity index (χ2n) is 6.47. The van der Waals surface area contributed by atoms with Crippen LogP contribution in [0.25, 0.3) is 28.0 Å². The van der Waals surface area contributed by atoms with Gasteiger partial charge in [-0.2, -0.15) is 0 Å². The van der Waals surface area contributed by atoms with Gasteiger partial charge in [0.1, 0.15) is 0 Å². The maximum Gasteiger partial charge on any atom is 0.0167 e. The Kier molecular flexibility index (Phi) is 3.53. The minimum Gasteiger partial charge on any atom is -0.0648 e. The Morgan fingerprint density at radius 1 is 0.870 bits per heavy atom. The van der Waals surface area contributed by atoms with Crippen LogP contribution in [0.1, 0.15) is 31.4 Å². The van der Waals surface area contributed by atoms with Gasteiger partial charge in [-0.25, -0.2) is 0 Å². The third kappa shape index (κ3) is 2.49. The highest BCUT2D eigenvalue weighted by Crippen LogP contribution is 2.38. The molecule has 0 nitrogen and oxygen atoms in total. The van der Waals surface area contributed by atoms with E-state index >= 15 is 0 Å². The van der Waals surface area contributed by atoms with Gasteiger partial charge in [-0.05, 0) is 51.4 Å². The molecule has 1 aliphatic rings. The van der Waals surface area contributed by atoms with Gasteiger partial charge in [0.2, 0.25) is 0 Å². The molecule has 1 aliphatic carbocycles. The molecular formula is C23H21. The fourth-order valence-corrected chi connectivity index (χ4v) is 3.39. The van der Waals surface area contributed by atoms with Crippen molar-refractivity contribution < 1.29 is 0 Å². The summed E-state index contributed by atoms with van der Waals surface area (Å²) in [6.45, 7) is 4.57. The molecule has 0 amide bonds. The highest BCUT2D eigenvalue weighted by atomic mass is 14.2. The van der Waals surface area contributed by atoms with Gasteiger partial charge in [0.25, 0.3) is 0 Å². The second-order valence-corrected chi connectivity index (χ2v) is 6.47. The third-order valence-electron chi connectivity index (χ3n) is 5.01. The Morgan fingerprint density at radius 3 is 2.52 bits per heavy atom. The van der Waals surface area contributed by atoms with Crippen molar-refractivity contribution in [2.75, 3.05) is 0 Å². The van der Waals surface area contributed by atoms with Gasteiger partial charge in [-0.15, -0.1) is 0 Å². The van der Waals surface area contributed by atoms with E-state index in [4.69, 9.17) is 0 Å². The fourth-order valence-electron chi connectivity index (χ4n) is 3.39. The summed E-state index contributed by atoms with van der Waals surface area (Å²) in [5, 5.41) is 2.60. The van der Waals surface area contributed by atoms with Crippen LogP contribution in [-0.4, -0.2) is 0 Å². The first-order valence-electron chi connectivity index (χ1n) is 8.45. The van der Waals surface area contributed by atoms with Crippen molar-refractivity contribution in [2.24, 2.45) is 5.92 Å². The summed E-state index contributed by atoms with van der Waals surface area (Å²) in [5.74, 6) is 0.617. The van der Waals surface area contributed by atoms with E-state index in [0.717, 1.165) is 0 Å². The minimum atomic E-state index is 0.617. The minimum absolute atomic E-state index is 0.617. The lowest BCUT2D eigenvalue weighted by atomic mass is 9.95. The van der Waals surface area contributed by atoms with E-state index in [1.54, 1.807) is 0 Å². The molecule has 0 saturated carbocycles. The van der Waals surface area contributed by atoms with Crippen molar-refractivity contribution in [2.45, 2.75) is 20.3 Å². The van der Waals surface area contributed by atoms with E-state index in [9.17, 15) is 0 Å². The van der Waals surface area contributed by atoms with Gasteiger partial charge in [-0.3, -0.25) is 0 Å². The Balaban J connectivity index is 1.84. The van der Waals surface area contributed by atoms with Crippen LogP contribution in [0.4, 0.5) is 0 Å². The molecule has 0 N–H and O–H groups in total. The van der Waals surface area contributed by atoms with Gasteiger partial charge in [-0.1, -0.05) is 80.1 Å². The summed E-state index contributed by atoms with van der Waals surface area (Å²) in [7, 11) is 0. The zero-order valence-corrected chi connectivity index (χ0v) is 13.7. The molecule has 3 aromatic rings. The Hall–Kier alpha value is -2.34. The molecule has 113 valence electrons. The van der Waals surface area contributed by atoms with Gasteiger partial charge in [0.15, 0.2) is 0 Å². The van der Waals surface area contributed by atoms with Crippen LogP contribution in [0, 0.1) is 12.3 Å². The summed E-state index contributed by atoms with van der Waals surface area (Å²) in [6.07, 6.45) is 5.92. The lowest BCUT2D eigenvalue weighted by Crippen LogP contribution is -1.95. The van der Waals surface area contributed by atoms with Gasteiger partial charge in [0.05, 0.1) is 0 Å². The molecule has 0 bridgehead atoms. The predicted molar refractivity (Wildman–Crippen MR) is 100 cm³/mol. The van der Waals surface area contributed by atoms with Crippen molar-refractivity contribution in [3.8, 4) is 11.1 Å². The molecule has 4 rings (SSSR count). The van der Waals surface area contributed by atoms with Crippen molar-refractivity contribution in [3.63, 3.8) is 0 Å². The second kappa shape index (κ2) is 5.70. The zero-order chi connectivity index (χ0) is 15.8. The van der Waals surface area contributed by atoms with Crippen LogP contribution < -0.4 is 0 Å². The highest BCUT2D eigenvalue weighted by Gasteiger charge is 2.19. The molecule has 1 atom stereocenters. The average Bonchev–Trinajstić information content (AvgIpc) is 3.04. The SMILES string of the molecule is CCC(C)C1=Cc2c(cccc2-c2ccc3ccccc3c2)[CH]1. The van der Waals surface area contributed by atoms with Crippen LogP contribution in [0.2, 0.25) is 0 Å². The smallest absolute Gasteiger partial charge is 0.0167 e. The molecule has 0 aromatic heterocycles. The normalized spacial score (nSPS) is 14.6. The van der Waals surface area contributed by atoms with Crippen molar-refractivity contribution in [1.29, 1.82) is 0 Å². The van der Waals surface area contributed by atoms with Crippen molar-refractivity contribution in [1.82, 2.24) is 0 Å². The quantitative estimate of drug-likeness (QED) is 0.517. The highest BCUT2D eigenvalue weighted by molar-refractivity contribution is 5.90. The molecule has 0 heteroatoms. The van der Waals surface area contributed by atoms with Crippen LogP contribution in [0.15, 0.2) is 66.2 Å². The third-order valence-corrected chi connectivity index (χ3v) is 5.01. The predicted octanol–water partition coefficient (Wildman–Crippen LogP) is 6.50. The van der Waals surface area contributed by atoms with Crippen molar-refractivity contribution in [3.05, 3.63) is 83.8 Å². The number of benzene rings is 3. The van der Waals surface area contributed by atoms with E-state index in [-0.39, 0.29) is 0 Å². The summed E-state index contributed by atoms with van der Waals surface area (Å²) in [4.78, 5) is 0. The van der Waals surface area contributed by atoms with E-state index in [0.29, 0.717) is 5.92 Å². The topological polar surface area (TPSA) is 0 Å². The Labute approximate surface area is 138 Å². The van der Waals surface area contributed by atoms with E-state index in [1.165, 1.54) is 45.0 Å². The Morgan fingerprint density at radius 2 is 1.70 bits per heavy atom. The van der Waals surface area contributed by atoms with E-state index in [2.05, 4.69) is 87.0 Å². The molecule has 0 heterocycles. The van der Waals surface area contributed by atoms with Crippen LogP contribution in [0.5, 0.6) is 0 Å². The first-order chi connectivity index (χ1) is 11.3. The number of hydrogen-bond donors (Lipinski definition) is 0. The maximum absolute atomic E-state index is 2.38. The van der Waals surface area contributed by atoms with Crippen molar-refractivity contribution >= 4 is 16.8 Å². The van der Waals surface area contributed by atoms with E-state index in [1.807, 2.05) is 0 Å². The summed E-state index contributed by atoms with van der Waals surface area (Å²) in [6, 6.07) is 22.0. The standard InChI is InChI=1S/C23H21/c1-3-16(2)21-14-19-9-6-10-22(23(19)15-21)20-12-11-17-7-4-5-8-18(17)13-20/h4-16H,3H2,1-2H3. The molecule has 3 aromatic carbocycles. The molecule has 0 saturated heterocycles. The van der Waals surface area contributed by atoms with Gasteiger partial charge >= 0.3 is 0 Å². The molecule has 23 heavy (non-hydrogen) atoms. The summed E-state index contributed by atoms with van der Waals surface area (Å²) >= 11 is 0. The number of fused-ring (bicyclic) bond motifs is 2.